The van der Waals surface area contributed by atoms with E-state index in [4.69, 9.17) is 26.3 Å². The number of carbonyl (C=O) groups excluding carboxylic acids is 2. The van der Waals surface area contributed by atoms with Gasteiger partial charge in [-0.05, 0) is 55.8 Å². The van der Waals surface area contributed by atoms with E-state index >= 15 is 0 Å². The maximum atomic E-state index is 12.2. The van der Waals surface area contributed by atoms with Crippen LogP contribution in [0.1, 0.15) is 19.4 Å². The van der Waals surface area contributed by atoms with Crippen LogP contribution >= 0.6 is 11.6 Å². The molecule has 0 saturated heterocycles. The molecule has 2 aromatic carbocycles. The number of nitriles is 1. The number of anilines is 1. The average Bonchev–Trinajstić information content (AvgIpc) is 2.63. The van der Waals surface area contributed by atoms with Gasteiger partial charge in [0.25, 0.3) is 5.91 Å². The molecule has 2 rings (SSSR count). The molecule has 1 amide bonds. The lowest BCUT2D eigenvalue weighted by molar-refractivity contribution is -0.161. The topological polar surface area (TPSA) is 88.4 Å². The summed E-state index contributed by atoms with van der Waals surface area (Å²) in [6, 6.07) is 15.5. The Labute approximate surface area is 162 Å². The van der Waals surface area contributed by atoms with Gasteiger partial charge in [-0.15, -0.1) is 0 Å². The summed E-state index contributed by atoms with van der Waals surface area (Å²) < 4.78 is 10.7. The van der Waals surface area contributed by atoms with Crippen molar-refractivity contribution in [3.8, 4) is 11.8 Å². The van der Waals surface area contributed by atoms with Crippen molar-refractivity contribution in [1.82, 2.24) is 0 Å². The molecule has 6 nitrogen and oxygen atoms in total. The quantitative estimate of drug-likeness (QED) is 0.732. The highest BCUT2D eigenvalue weighted by molar-refractivity contribution is 6.30. The first kappa shape index (κ1) is 20.3. The Morgan fingerprint density at radius 2 is 1.74 bits per heavy atom. The van der Waals surface area contributed by atoms with Gasteiger partial charge in [0.2, 0.25) is 0 Å². The highest BCUT2D eigenvalue weighted by Gasteiger charge is 2.32. The fraction of sp³-hybridized carbons (Fsp3) is 0.250. The normalized spacial score (nSPS) is 10.6. The second-order valence-corrected chi connectivity index (χ2v) is 6.66. The summed E-state index contributed by atoms with van der Waals surface area (Å²) in [6.07, 6.45) is 0.300. The van der Waals surface area contributed by atoms with E-state index in [2.05, 4.69) is 5.32 Å². The summed E-state index contributed by atoms with van der Waals surface area (Å²) in [5, 5.41) is 11.8. The number of benzene rings is 2. The molecule has 1 N–H and O–H groups in total. The van der Waals surface area contributed by atoms with Crippen LogP contribution in [0.5, 0.6) is 5.75 Å². The van der Waals surface area contributed by atoms with Crippen molar-refractivity contribution in [2.24, 2.45) is 0 Å². The maximum Gasteiger partial charge on any atom is 0.350 e. The van der Waals surface area contributed by atoms with Gasteiger partial charge in [-0.3, -0.25) is 4.79 Å². The van der Waals surface area contributed by atoms with Crippen molar-refractivity contribution in [2.75, 3.05) is 11.9 Å². The number of carbonyl (C=O) groups is 2. The van der Waals surface area contributed by atoms with Crippen LogP contribution in [0.15, 0.2) is 48.5 Å². The van der Waals surface area contributed by atoms with Crippen LogP contribution in [0.25, 0.3) is 0 Å². The zero-order valence-electron chi connectivity index (χ0n) is 15.0. The number of amides is 1. The third-order valence-electron chi connectivity index (χ3n) is 3.53. The minimum absolute atomic E-state index is 0.300. The van der Waals surface area contributed by atoms with E-state index in [1.54, 1.807) is 62.4 Å². The highest BCUT2D eigenvalue weighted by atomic mass is 35.5. The largest absolute Gasteiger partial charge is 0.476 e. The molecule has 27 heavy (non-hydrogen) atoms. The number of rotatable bonds is 7. The van der Waals surface area contributed by atoms with E-state index < -0.39 is 24.1 Å². The molecule has 0 fully saturated rings. The number of ether oxygens (including phenoxy) is 2. The van der Waals surface area contributed by atoms with Gasteiger partial charge in [0.15, 0.2) is 12.2 Å². The minimum Gasteiger partial charge on any atom is -0.476 e. The average molecular weight is 387 g/mol. The molecule has 0 aromatic heterocycles. The number of hydrogen-bond acceptors (Lipinski definition) is 5. The monoisotopic (exact) mass is 386 g/mol. The van der Waals surface area contributed by atoms with E-state index in [1.165, 1.54) is 0 Å². The summed E-state index contributed by atoms with van der Waals surface area (Å²) in [5.74, 6) is -0.682. The molecule has 0 aliphatic rings. The molecule has 0 aliphatic heterocycles. The van der Waals surface area contributed by atoms with E-state index in [-0.39, 0.29) is 0 Å². The van der Waals surface area contributed by atoms with E-state index in [0.717, 1.165) is 5.56 Å². The maximum absolute atomic E-state index is 12.2. The van der Waals surface area contributed by atoms with E-state index in [9.17, 15) is 9.59 Å². The first-order valence-corrected chi connectivity index (χ1v) is 8.55. The minimum atomic E-state index is -1.27. The Morgan fingerprint density at radius 1 is 1.11 bits per heavy atom. The van der Waals surface area contributed by atoms with Gasteiger partial charge in [-0.25, -0.2) is 4.79 Å². The smallest absolute Gasteiger partial charge is 0.350 e. The first-order chi connectivity index (χ1) is 12.8. The summed E-state index contributed by atoms with van der Waals surface area (Å²) in [6.45, 7) is 2.66. The number of hydrogen-bond donors (Lipinski definition) is 1. The second-order valence-electron chi connectivity index (χ2n) is 6.22. The van der Waals surface area contributed by atoms with Crippen LogP contribution in [0.4, 0.5) is 5.69 Å². The van der Waals surface area contributed by atoms with Gasteiger partial charge in [-0.1, -0.05) is 23.7 Å². The first-order valence-electron chi connectivity index (χ1n) is 8.18. The van der Waals surface area contributed by atoms with Gasteiger partial charge in [0.05, 0.1) is 12.5 Å². The molecule has 0 atom stereocenters. The van der Waals surface area contributed by atoms with Crippen LogP contribution in [-0.4, -0.2) is 24.1 Å². The van der Waals surface area contributed by atoms with E-state index in [1.807, 2.05) is 6.07 Å². The molecule has 2 aromatic rings. The number of esters is 1. The van der Waals surface area contributed by atoms with Gasteiger partial charge in [-0.2, -0.15) is 5.26 Å². The van der Waals surface area contributed by atoms with Crippen molar-refractivity contribution in [3.05, 3.63) is 59.1 Å². The molecule has 0 aliphatic carbocycles. The van der Waals surface area contributed by atoms with Crippen LogP contribution in [0, 0.1) is 11.3 Å². The predicted octanol–water partition coefficient (Wildman–Crippen LogP) is 3.75. The van der Waals surface area contributed by atoms with Crippen LogP contribution in [0.3, 0.4) is 0 Å². The summed E-state index contributed by atoms with van der Waals surface area (Å²) in [7, 11) is 0. The van der Waals surface area contributed by atoms with Crippen LogP contribution in [-0.2, 0) is 20.7 Å². The van der Waals surface area contributed by atoms with Crippen molar-refractivity contribution >= 4 is 29.2 Å². The molecular weight excluding hydrogens is 368 g/mol. The van der Waals surface area contributed by atoms with Gasteiger partial charge < -0.3 is 14.8 Å². The summed E-state index contributed by atoms with van der Waals surface area (Å²) in [4.78, 5) is 24.2. The highest BCUT2D eigenvalue weighted by Crippen LogP contribution is 2.21. The van der Waals surface area contributed by atoms with Crippen LogP contribution in [0.2, 0.25) is 5.02 Å². The SMILES string of the molecule is CC(C)(Oc1ccc(Cl)cc1)C(=O)OCC(=O)Nc1ccc(CC#N)cc1. The van der Waals surface area contributed by atoms with Crippen molar-refractivity contribution in [1.29, 1.82) is 5.26 Å². The fourth-order valence-electron chi connectivity index (χ4n) is 2.14. The fourth-order valence-corrected chi connectivity index (χ4v) is 2.26. The standard InChI is InChI=1S/C20H19ClN2O4/c1-20(2,27-17-9-5-15(21)6-10-17)19(25)26-13-18(24)23-16-7-3-14(4-8-16)11-12-22/h3-10H,11,13H2,1-2H3,(H,23,24). The molecule has 7 heteroatoms. The molecular formula is C20H19ClN2O4. The molecule has 0 heterocycles. The van der Waals surface area contributed by atoms with Gasteiger partial charge in [0, 0.05) is 10.7 Å². The molecule has 0 radical (unpaired) electrons. The van der Waals surface area contributed by atoms with Gasteiger partial charge in [0.1, 0.15) is 5.75 Å². The Balaban J connectivity index is 1.85. The van der Waals surface area contributed by atoms with Gasteiger partial charge >= 0.3 is 5.97 Å². The lowest BCUT2D eigenvalue weighted by atomic mass is 10.1. The predicted molar refractivity (Wildman–Crippen MR) is 102 cm³/mol. The third kappa shape index (κ3) is 6.32. The molecule has 0 unspecified atom stereocenters. The second kappa shape index (κ2) is 9.06. The van der Waals surface area contributed by atoms with Crippen molar-refractivity contribution in [2.45, 2.75) is 25.9 Å². The zero-order valence-corrected chi connectivity index (χ0v) is 15.7. The Hall–Kier alpha value is -3.04. The Bertz CT molecular complexity index is 840. The number of halogens is 1. The molecule has 0 saturated carbocycles. The lowest BCUT2D eigenvalue weighted by Gasteiger charge is -2.24. The third-order valence-corrected chi connectivity index (χ3v) is 3.79. The molecule has 0 bridgehead atoms. The molecule has 0 spiro atoms. The lowest BCUT2D eigenvalue weighted by Crippen LogP contribution is -2.41. The van der Waals surface area contributed by atoms with E-state index in [0.29, 0.717) is 22.9 Å². The van der Waals surface area contributed by atoms with Crippen molar-refractivity contribution < 1.29 is 19.1 Å². The number of nitrogens with zero attached hydrogens (tertiary/aromatic N) is 1. The summed E-state index contributed by atoms with van der Waals surface area (Å²) in [5.41, 5.74) is 0.130. The Kier molecular flexibility index (Phi) is 6.80. The zero-order chi connectivity index (χ0) is 19.9. The number of nitrogens with one attached hydrogen (secondary N) is 1. The molecule has 140 valence electrons. The van der Waals surface area contributed by atoms with Crippen molar-refractivity contribution in [3.63, 3.8) is 0 Å². The summed E-state index contributed by atoms with van der Waals surface area (Å²) >= 11 is 5.81. The van der Waals surface area contributed by atoms with Crippen LogP contribution < -0.4 is 10.1 Å². The Morgan fingerprint density at radius 3 is 2.33 bits per heavy atom.